The van der Waals surface area contributed by atoms with E-state index in [1.54, 1.807) is 24.3 Å². The van der Waals surface area contributed by atoms with Crippen molar-refractivity contribution in [3.05, 3.63) is 73.7 Å². The molecule has 160 valence electrons. The Morgan fingerprint density at radius 3 is 2.45 bits per heavy atom. The van der Waals surface area contributed by atoms with Gasteiger partial charge < -0.3 is 15.0 Å². The molecular formula is C21H20BrN5O4. The normalized spacial score (nSPS) is 12.5. The molecular weight excluding hydrogens is 466 g/mol. The number of anilines is 3. The van der Waals surface area contributed by atoms with Gasteiger partial charge in [-0.1, -0.05) is 15.9 Å². The Balaban J connectivity index is 1.59. The number of benzene rings is 2. The summed E-state index contributed by atoms with van der Waals surface area (Å²) in [6.07, 6.45) is 0. The van der Waals surface area contributed by atoms with Crippen LogP contribution in [-0.4, -0.2) is 33.4 Å². The van der Waals surface area contributed by atoms with E-state index in [9.17, 15) is 14.4 Å². The lowest BCUT2D eigenvalue weighted by molar-refractivity contribution is -0.117. The first-order chi connectivity index (χ1) is 15.0. The number of rotatable bonds is 6. The summed E-state index contributed by atoms with van der Waals surface area (Å²) in [5.74, 6) is 0.613. The summed E-state index contributed by atoms with van der Waals surface area (Å²) in [6, 6.07) is 14.4. The van der Waals surface area contributed by atoms with Crippen LogP contribution in [0.25, 0.3) is 0 Å². The Labute approximate surface area is 186 Å². The molecule has 10 heteroatoms. The van der Waals surface area contributed by atoms with Gasteiger partial charge in [-0.25, -0.2) is 4.68 Å². The molecule has 1 amide bonds. The van der Waals surface area contributed by atoms with Gasteiger partial charge in [0, 0.05) is 28.9 Å². The topological polar surface area (TPSA) is 98.5 Å². The van der Waals surface area contributed by atoms with Gasteiger partial charge in [-0.05, 0) is 55.5 Å². The van der Waals surface area contributed by atoms with E-state index in [4.69, 9.17) is 4.74 Å². The largest absolute Gasteiger partial charge is 0.494 e. The Bertz CT molecular complexity index is 1220. The van der Waals surface area contributed by atoms with Crippen molar-refractivity contribution in [2.75, 3.05) is 23.4 Å². The average Bonchev–Trinajstić information content (AvgIpc) is 3.18. The summed E-state index contributed by atoms with van der Waals surface area (Å²) in [5.41, 5.74) is -0.139. The molecule has 0 unspecified atom stereocenters. The third-order valence-corrected chi connectivity index (χ3v) is 5.31. The summed E-state index contributed by atoms with van der Waals surface area (Å²) < 4.78 is 8.59. The van der Waals surface area contributed by atoms with Gasteiger partial charge in [0.15, 0.2) is 0 Å². The fourth-order valence-electron chi connectivity index (χ4n) is 3.34. The number of ether oxygens (including phenoxy) is 1. The van der Waals surface area contributed by atoms with E-state index >= 15 is 0 Å². The van der Waals surface area contributed by atoms with Crippen LogP contribution in [0.3, 0.4) is 0 Å². The van der Waals surface area contributed by atoms with Gasteiger partial charge in [0.05, 0.1) is 6.61 Å². The van der Waals surface area contributed by atoms with E-state index in [1.165, 1.54) is 4.57 Å². The predicted molar refractivity (Wildman–Crippen MR) is 120 cm³/mol. The number of amides is 1. The minimum absolute atomic E-state index is 0.324. The van der Waals surface area contributed by atoms with E-state index < -0.39 is 17.0 Å². The maximum absolute atomic E-state index is 12.6. The predicted octanol–water partition coefficient (Wildman–Crippen LogP) is 2.36. The van der Waals surface area contributed by atoms with Crippen LogP contribution in [0.5, 0.6) is 5.75 Å². The molecule has 9 nitrogen and oxygen atoms in total. The number of aromatic nitrogens is 3. The lowest BCUT2D eigenvalue weighted by Crippen LogP contribution is -2.44. The van der Waals surface area contributed by atoms with Gasteiger partial charge in [0.25, 0.3) is 0 Å². The van der Waals surface area contributed by atoms with E-state index in [2.05, 4.69) is 26.3 Å². The molecule has 1 aliphatic rings. The smallest absolute Gasteiger partial charge is 0.333 e. The lowest BCUT2D eigenvalue weighted by atomic mass is 10.3. The van der Waals surface area contributed by atoms with Crippen LogP contribution in [0.15, 0.2) is 62.6 Å². The number of hydrogen-bond donors (Lipinski definition) is 1. The fourth-order valence-corrected chi connectivity index (χ4v) is 3.60. The molecule has 31 heavy (non-hydrogen) atoms. The molecule has 2 heterocycles. The molecule has 0 atom stereocenters. The van der Waals surface area contributed by atoms with E-state index in [0.717, 1.165) is 20.6 Å². The molecule has 0 bridgehead atoms. The monoisotopic (exact) mass is 485 g/mol. The molecule has 4 rings (SSSR count). The zero-order valence-corrected chi connectivity index (χ0v) is 18.3. The maximum Gasteiger partial charge on any atom is 0.333 e. The minimum atomic E-state index is -0.830. The summed E-state index contributed by atoms with van der Waals surface area (Å²) in [6.45, 7) is 2.94. The van der Waals surface area contributed by atoms with Gasteiger partial charge in [-0.3, -0.25) is 19.0 Å². The molecule has 1 aliphatic heterocycles. The first kappa shape index (κ1) is 20.9. The van der Waals surface area contributed by atoms with Gasteiger partial charge >= 0.3 is 11.1 Å². The van der Waals surface area contributed by atoms with E-state index in [0.29, 0.717) is 31.3 Å². The number of hydrogen-bond acceptors (Lipinski definition) is 6. The highest BCUT2D eigenvalue weighted by atomic mass is 79.9. The van der Waals surface area contributed by atoms with Gasteiger partial charge in [0.1, 0.15) is 12.3 Å². The highest BCUT2D eigenvalue weighted by Gasteiger charge is 2.26. The third-order valence-electron chi connectivity index (χ3n) is 4.78. The summed E-state index contributed by atoms with van der Waals surface area (Å²) in [5, 5.41) is 7.02. The fraction of sp³-hybridized carbons (Fsp3) is 0.238. The molecule has 0 spiro atoms. The summed E-state index contributed by atoms with van der Waals surface area (Å²) >= 11 is 3.33. The molecule has 0 fully saturated rings. The number of carbonyl (C=O) groups excluding carboxylic acids is 1. The zero-order chi connectivity index (χ0) is 22.0. The molecule has 0 aliphatic carbocycles. The second kappa shape index (κ2) is 8.76. The van der Waals surface area contributed by atoms with Crippen LogP contribution >= 0.6 is 15.9 Å². The highest BCUT2D eigenvalue weighted by Crippen LogP contribution is 2.28. The Morgan fingerprint density at radius 2 is 1.77 bits per heavy atom. The molecule has 1 aromatic heterocycles. The second-order valence-electron chi connectivity index (χ2n) is 6.85. The van der Waals surface area contributed by atoms with Crippen molar-refractivity contribution in [1.82, 2.24) is 14.3 Å². The summed E-state index contributed by atoms with van der Waals surface area (Å²) in [7, 11) is 0. The van der Waals surface area contributed by atoms with Crippen LogP contribution in [0, 0.1) is 0 Å². The highest BCUT2D eigenvalue weighted by molar-refractivity contribution is 9.10. The van der Waals surface area contributed by atoms with Crippen molar-refractivity contribution in [2.24, 2.45) is 0 Å². The maximum atomic E-state index is 12.6. The van der Waals surface area contributed by atoms with Crippen molar-refractivity contribution in [2.45, 2.75) is 20.0 Å². The molecule has 1 N–H and O–H groups in total. The van der Waals surface area contributed by atoms with Gasteiger partial charge in [0.2, 0.25) is 11.9 Å². The Hall–Kier alpha value is -3.40. The number of carbonyl (C=O) groups is 1. The molecule has 0 radical (unpaired) electrons. The number of halogens is 1. The SMILES string of the molecule is CCOc1ccc(N2CCn3c2nn(CC(=O)Nc2ccc(Br)cc2)c(=O)c3=O)cc1. The van der Waals surface area contributed by atoms with Crippen LogP contribution in [-0.2, 0) is 17.9 Å². The van der Waals surface area contributed by atoms with Crippen LogP contribution in [0.2, 0.25) is 0 Å². The van der Waals surface area contributed by atoms with Crippen molar-refractivity contribution in [3.8, 4) is 5.75 Å². The van der Waals surface area contributed by atoms with Crippen LogP contribution < -0.4 is 26.1 Å². The number of nitrogens with zero attached hydrogens (tertiary/aromatic N) is 4. The minimum Gasteiger partial charge on any atom is -0.494 e. The average molecular weight is 486 g/mol. The van der Waals surface area contributed by atoms with Crippen molar-refractivity contribution < 1.29 is 9.53 Å². The van der Waals surface area contributed by atoms with Gasteiger partial charge in [-0.2, -0.15) is 0 Å². The van der Waals surface area contributed by atoms with Crippen LogP contribution in [0.1, 0.15) is 6.92 Å². The van der Waals surface area contributed by atoms with Crippen molar-refractivity contribution >= 4 is 39.2 Å². The standard InChI is InChI=1S/C21H20BrN5O4/c1-2-31-17-9-7-16(8-10-17)25-11-12-26-19(29)20(30)27(24-21(25)26)13-18(28)23-15-5-3-14(22)4-6-15/h3-10H,2,11-13H2,1H3,(H,23,28). The first-order valence-corrected chi connectivity index (χ1v) is 10.5. The summed E-state index contributed by atoms with van der Waals surface area (Å²) in [4.78, 5) is 39.3. The molecule has 0 saturated carbocycles. The van der Waals surface area contributed by atoms with Crippen LogP contribution in [0.4, 0.5) is 17.3 Å². The van der Waals surface area contributed by atoms with E-state index in [-0.39, 0.29) is 6.54 Å². The lowest BCUT2D eigenvalue weighted by Gasteiger charge is -2.18. The zero-order valence-electron chi connectivity index (χ0n) is 16.7. The molecule has 3 aromatic rings. The number of fused-ring (bicyclic) bond motifs is 1. The third kappa shape index (κ3) is 4.38. The van der Waals surface area contributed by atoms with E-state index in [1.807, 2.05) is 36.1 Å². The van der Waals surface area contributed by atoms with Crippen molar-refractivity contribution in [1.29, 1.82) is 0 Å². The first-order valence-electron chi connectivity index (χ1n) is 9.74. The molecule has 0 saturated heterocycles. The Morgan fingerprint density at radius 1 is 1.06 bits per heavy atom. The van der Waals surface area contributed by atoms with Crippen molar-refractivity contribution in [3.63, 3.8) is 0 Å². The second-order valence-corrected chi connectivity index (χ2v) is 7.77. The molecule has 2 aromatic carbocycles. The number of nitrogens with one attached hydrogen (secondary N) is 1. The Kier molecular flexibility index (Phi) is 5.90. The van der Waals surface area contributed by atoms with Gasteiger partial charge in [-0.15, -0.1) is 5.10 Å². The quantitative estimate of drug-likeness (QED) is 0.538.